The fourth-order valence-corrected chi connectivity index (χ4v) is 4.41. The van der Waals surface area contributed by atoms with Crippen LogP contribution in [0.5, 0.6) is 0 Å². The van der Waals surface area contributed by atoms with Gasteiger partial charge in [-0.3, -0.25) is 0 Å². The van der Waals surface area contributed by atoms with Crippen LogP contribution in [0, 0.1) is 0 Å². The maximum absolute atomic E-state index is 10.6. The van der Waals surface area contributed by atoms with E-state index in [2.05, 4.69) is 6.92 Å². The zero-order valence-electron chi connectivity index (χ0n) is 11.6. The van der Waals surface area contributed by atoms with Gasteiger partial charge in [0.1, 0.15) is 0 Å². The molecule has 0 aromatic heterocycles. The van der Waals surface area contributed by atoms with Gasteiger partial charge in [-0.2, -0.15) is 0 Å². The first-order valence-corrected chi connectivity index (χ1v) is 8.94. The second kappa shape index (κ2) is 5.63. The average Bonchev–Trinajstić information content (AvgIpc) is 2.46. The second-order valence-corrected chi connectivity index (χ2v) is 8.01. The first-order chi connectivity index (χ1) is 9.44. The second-order valence-electron chi connectivity index (χ2n) is 5.05. The first-order valence-electron chi connectivity index (χ1n) is 6.85. The van der Waals surface area contributed by atoms with Crippen molar-refractivity contribution in [2.45, 2.75) is 26.2 Å². The van der Waals surface area contributed by atoms with Gasteiger partial charge in [0.15, 0.2) is 0 Å². The van der Waals surface area contributed by atoms with Crippen molar-refractivity contribution in [3.8, 4) is 0 Å². The normalized spacial score (nSPS) is 13.7. The van der Waals surface area contributed by atoms with Crippen LogP contribution >= 0.6 is 7.28 Å². The van der Waals surface area contributed by atoms with E-state index in [0.29, 0.717) is 0 Å². The van der Waals surface area contributed by atoms with E-state index in [4.69, 9.17) is 0 Å². The number of aryl methyl sites for hydroxylation is 1. The number of benzene rings is 2. The Labute approximate surface area is 119 Å². The van der Waals surface area contributed by atoms with Gasteiger partial charge in [0.05, 0.1) is 0 Å². The third-order valence-electron chi connectivity index (χ3n) is 3.47. The standard InChI is InChI=1S/C16H21O3P/c1-2-3-9-14-10-7-8-13-16(14)20(17,18,19)15-11-5-4-6-12-15/h4-8,10-13,17-19H,2-3,9H2,1H3. The van der Waals surface area contributed by atoms with Crippen LogP contribution in [-0.2, 0) is 6.42 Å². The topological polar surface area (TPSA) is 60.7 Å². The van der Waals surface area contributed by atoms with Gasteiger partial charge in [0, 0.05) is 0 Å². The average molecular weight is 292 g/mol. The SMILES string of the molecule is CCCCc1ccccc1P(O)(O)(O)c1ccccc1. The van der Waals surface area contributed by atoms with Crippen LogP contribution in [-0.4, -0.2) is 14.7 Å². The Morgan fingerprint density at radius 2 is 1.45 bits per heavy atom. The molecule has 0 unspecified atom stereocenters. The molecule has 0 aliphatic carbocycles. The van der Waals surface area contributed by atoms with Crippen molar-refractivity contribution in [3.63, 3.8) is 0 Å². The van der Waals surface area contributed by atoms with Crippen molar-refractivity contribution in [3.05, 3.63) is 60.2 Å². The van der Waals surface area contributed by atoms with E-state index in [1.54, 1.807) is 42.5 Å². The molecule has 0 amide bonds. The first kappa shape index (κ1) is 15.1. The fourth-order valence-electron chi connectivity index (χ4n) is 2.33. The van der Waals surface area contributed by atoms with Crippen molar-refractivity contribution < 1.29 is 14.7 Å². The van der Waals surface area contributed by atoms with Crippen molar-refractivity contribution in [1.82, 2.24) is 0 Å². The molecule has 2 aromatic carbocycles. The molecular weight excluding hydrogens is 271 g/mol. The summed E-state index contributed by atoms with van der Waals surface area (Å²) in [5.41, 5.74) is 0.795. The molecule has 108 valence electrons. The number of unbranched alkanes of at least 4 members (excludes halogenated alkanes) is 1. The summed E-state index contributed by atoms with van der Waals surface area (Å²) in [4.78, 5) is 31.9. The maximum atomic E-state index is 10.6. The molecule has 3 nitrogen and oxygen atoms in total. The summed E-state index contributed by atoms with van der Waals surface area (Å²) in [7, 11) is -5.04. The summed E-state index contributed by atoms with van der Waals surface area (Å²) in [6, 6.07) is 15.3. The summed E-state index contributed by atoms with van der Waals surface area (Å²) in [5, 5.41) is 0.417. The molecule has 0 atom stereocenters. The molecule has 0 aliphatic heterocycles. The molecule has 0 saturated carbocycles. The van der Waals surface area contributed by atoms with Crippen molar-refractivity contribution >= 4 is 17.9 Å². The molecule has 2 aromatic rings. The number of hydrogen-bond acceptors (Lipinski definition) is 3. The molecule has 3 N–H and O–H groups in total. The molecule has 0 saturated heterocycles. The van der Waals surface area contributed by atoms with E-state index in [-0.39, 0.29) is 10.6 Å². The van der Waals surface area contributed by atoms with E-state index in [1.807, 2.05) is 12.1 Å². The van der Waals surface area contributed by atoms with Crippen LogP contribution in [0.25, 0.3) is 0 Å². The van der Waals surface area contributed by atoms with Gasteiger partial charge >= 0.3 is 119 Å². The van der Waals surface area contributed by atoms with Crippen LogP contribution in [0.3, 0.4) is 0 Å². The Morgan fingerprint density at radius 3 is 2.10 bits per heavy atom. The molecule has 20 heavy (non-hydrogen) atoms. The quantitative estimate of drug-likeness (QED) is 0.741. The Bertz CT molecular complexity index is 573. The Balaban J connectivity index is 2.53. The van der Waals surface area contributed by atoms with E-state index < -0.39 is 7.28 Å². The third-order valence-corrected chi connectivity index (χ3v) is 6.04. The van der Waals surface area contributed by atoms with Crippen LogP contribution < -0.4 is 10.6 Å². The Hall–Kier alpha value is -1.25. The van der Waals surface area contributed by atoms with Gasteiger partial charge in [0.2, 0.25) is 0 Å². The molecule has 0 fully saturated rings. The molecule has 0 aliphatic rings. The monoisotopic (exact) mass is 292 g/mol. The van der Waals surface area contributed by atoms with E-state index in [1.165, 1.54) is 0 Å². The minimum absolute atomic E-state index is 0.169. The van der Waals surface area contributed by atoms with Gasteiger partial charge < -0.3 is 0 Å². The summed E-state index contributed by atoms with van der Waals surface area (Å²) in [6.45, 7) is 2.08. The zero-order valence-corrected chi connectivity index (χ0v) is 12.5. The number of rotatable bonds is 5. The molecule has 2 rings (SSSR count). The zero-order chi connectivity index (χ0) is 14.7. The van der Waals surface area contributed by atoms with Gasteiger partial charge in [0.25, 0.3) is 0 Å². The van der Waals surface area contributed by atoms with Gasteiger partial charge in [-0.1, -0.05) is 0 Å². The molecule has 4 heteroatoms. The van der Waals surface area contributed by atoms with E-state index in [9.17, 15) is 14.7 Å². The summed E-state index contributed by atoms with van der Waals surface area (Å²) in [5.74, 6) is 0. The van der Waals surface area contributed by atoms with Crippen molar-refractivity contribution in [1.29, 1.82) is 0 Å². The third kappa shape index (κ3) is 2.92. The predicted octanol–water partition coefficient (Wildman–Crippen LogP) is 2.26. The fraction of sp³-hybridized carbons (Fsp3) is 0.250. The van der Waals surface area contributed by atoms with Gasteiger partial charge in [-0.25, -0.2) is 0 Å². The van der Waals surface area contributed by atoms with Crippen LogP contribution in [0.15, 0.2) is 54.6 Å². The number of hydrogen-bond donors (Lipinski definition) is 3. The molecular formula is C16H21O3P. The minimum atomic E-state index is -5.04. The van der Waals surface area contributed by atoms with Crippen molar-refractivity contribution in [2.75, 3.05) is 0 Å². The van der Waals surface area contributed by atoms with Crippen LogP contribution in [0.4, 0.5) is 0 Å². The van der Waals surface area contributed by atoms with E-state index in [0.717, 1.165) is 24.8 Å². The van der Waals surface area contributed by atoms with Crippen molar-refractivity contribution in [2.24, 2.45) is 0 Å². The van der Waals surface area contributed by atoms with Crippen LogP contribution in [0.1, 0.15) is 25.3 Å². The van der Waals surface area contributed by atoms with E-state index >= 15 is 0 Å². The molecule has 0 radical (unpaired) electrons. The summed E-state index contributed by atoms with van der Waals surface area (Å²) in [6.07, 6.45) is 2.68. The molecule has 0 bridgehead atoms. The summed E-state index contributed by atoms with van der Waals surface area (Å²) < 4.78 is 0. The predicted molar refractivity (Wildman–Crippen MR) is 84.3 cm³/mol. The van der Waals surface area contributed by atoms with Crippen LogP contribution in [0.2, 0.25) is 0 Å². The Kier molecular flexibility index (Phi) is 4.26. The van der Waals surface area contributed by atoms with Gasteiger partial charge in [-0.15, -0.1) is 0 Å². The summed E-state index contributed by atoms with van der Waals surface area (Å²) >= 11 is 0. The molecule has 0 spiro atoms. The Morgan fingerprint density at radius 1 is 0.850 bits per heavy atom. The van der Waals surface area contributed by atoms with Gasteiger partial charge in [-0.05, 0) is 0 Å². The molecule has 0 heterocycles.